The fraction of sp³-hybridized carbons (Fsp3) is 0.640. The van der Waals surface area contributed by atoms with Crippen molar-refractivity contribution < 1.29 is 9.53 Å². The number of hydrogen-bond acceptors (Lipinski definition) is 3. The van der Waals surface area contributed by atoms with Crippen LogP contribution in [-0.2, 0) is 16.0 Å². The van der Waals surface area contributed by atoms with Gasteiger partial charge in [-0.3, -0.25) is 9.69 Å². The fourth-order valence-electron chi connectivity index (χ4n) is 6.23. The first-order valence-corrected chi connectivity index (χ1v) is 11.6. The third-order valence-corrected chi connectivity index (χ3v) is 7.88. The van der Waals surface area contributed by atoms with E-state index in [0.29, 0.717) is 18.5 Å². The molecule has 5 rings (SSSR count). The number of hydrogen-bond donors (Lipinski definition) is 0. The predicted octanol–water partition coefficient (Wildman–Crippen LogP) is 4.04. The third-order valence-electron chi connectivity index (χ3n) is 7.88. The van der Waals surface area contributed by atoms with Crippen molar-refractivity contribution in [2.75, 3.05) is 26.7 Å². The monoisotopic (exact) mass is 394 g/mol. The maximum absolute atomic E-state index is 13.3. The van der Waals surface area contributed by atoms with Crippen molar-refractivity contribution in [3.05, 3.63) is 41.5 Å². The molecule has 4 heteroatoms. The Bertz CT molecular complexity index is 790. The van der Waals surface area contributed by atoms with Gasteiger partial charge in [-0.1, -0.05) is 30.3 Å². The van der Waals surface area contributed by atoms with Gasteiger partial charge in [0.2, 0.25) is 5.91 Å². The van der Waals surface area contributed by atoms with Crippen molar-refractivity contribution in [1.29, 1.82) is 0 Å². The van der Waals surface area contributed by atoms with Crippen molar-refractivity contribution in [1.82, 2.24) is 9.80 Å². The second-order valence-corrected chi connectivity index (χ2v) is 9.53. The number of carbonyl (C=O) groups is 1. The van der Waals surface area contributed by atoms with Gasteiger partial charge in [0, 0.05) is 25.7 Å². The van der Waals surface area contributed by atoms with Crippen molar-refractivity contribution in [2.45, 2.75) is 75.5 Å². The zero-order valence-electron chi connectivity index (χ0n) is 17.7. The summed E-state index contributed by atoms with van der Waals surface area (Å²) >= 11 is 0. The van der Waals surface area contributed by atoms with Gasteiger partial charge in [-0.25, -0.2) is 0 Å². The van der Waals surface area contributed by atoms with Crippen LogP contribution in [0, 0.1) is 0 Å². The maximum atomic E-state index is 13.3. The summed E-state index contributed by atoms with van der Waals surface area (Å²) in [5, 5.41) is 0. The molecule has 1 saturated carbocycles. The molecule has 4 aliphatic rings. The van der Waals surface area contributed by atoms with Crippen LogP contribution in [-0.4, -0.2) is 60.1 Å². The molecule has 1 amide bonds. The molecule has 2 heterocycles. The highest BCUT2D eigenvalue weighted by molar-refractivity contribution is 5.90. The average Bonchev–Trinajstić information content (AvgIpc) is 3.50. The Morgan fingerprint density at radius 3 is 2.83 bits per heavy atom. The van der Waals surface area contributed by atoms with Gasteiger partial charge >= 0.3 is 0 Å². The number of likely N-dealkylation sites (N-methyl/N-ethyl adjacent to an activating group) is 1. The molecule has 3 atom stereocenters. The van der Waals surface area contributed by atoms with Crippen LogP contribution in [0.4, 0.5) is 0 Å². The lowest BCUT2D eigenvalue weighted by Crippen LogP contribution is -2.58. The highest BCUT2D eigenvalue weighted by Gasteiger charge is 2.47. The zero-order chi connectivity index (χ0) is 19.8. The van der Waals surface area contributed by atoms with E-state index in [2.05, 4.69) is 40.1 Å². The van der Waals surface area contributed by atoms with E-state index in [0.717, 1.165) is 32.3 Å². The van der Waals surface area contributed by atoms with E-state index in [-0.39, 0.29) is 11.5 Å². The summed E-state index contributed by atoms with van der Waals surface area (Å²) in [6, 6.07) is 9.27. The van der Waals surface area contributed by atoms with Crippen LogP contribution in [0.1, 0.15) is 62.5 Å². The van der Waals surface area contributed by atoms with Crippen molar-refractivity contribution in [2.24, 2.45) is 0 Å². The minimum absolute atomic E-state index is 0.0839. The van der Waals surface area contributed by atoms with Crippen LogP contribution < -0.4 is 0 Å². The topological polar surface area (TPSA) is 32.8 Å². The molecule has 2 aliphatic heterocycles. The van der Waals surface area contributed by atoms with Crippen molar-refractivity contribution in [3.8, 4) is 0 Å². The van der Waals surface area contributed by atoms with Gasteiger partial charge in [0.15, 0.2) is 0 Å². The van der Waals surface area contributed by atoms with E-state index in [1.807, 2.05) is 7.05 Å². The van der Waals surface area contributed by atoms with Gasteiger partial charge in [-0.2, -0.15) is 0 Å². The minimum Gasteiger partial charge on any atom is -0.375 e. The molecule has 1 aromatic carbocycles. The highest BCUT2D eigenvalue weighted by Crippen LogP contribution is 2.43. The Hall–Kier alpha value is -1.65. The van der Waals surface area contributed by atoms with Gasteiger partial charge in [0.05, 0.1) is 12.0 Å². The summed E-state index contributed by atoms with van der Waals surface area (Å²) in [6.45, 7) is 3.27. The second kappa shape index (κ2) is 7.88. The molecule has 0 radical (unpaired) electrons. The first-order valence-electron chi connectivity index (χ1n) is 11.6. The smallest absolute Gasteiger partial charge is 0.227 e. The number of allylic oxidation sites excluding steroid dienone is 1. The summed E-state index contributed by atoms with van der Waals surface area (Å²) < 4.78 is 6.27. The van der Waals surface area contributed by atoms with Gasteiger partial charge in [-0.15, -0.1) is 0 Å². The molecule has 4 nitrogen and oxygen atoms in total. The summed E-state index contributed by atoms with van der Waals surface area (Å²) in [7, 11) is 2.05. The Balaban J connectivity index is 1.31. The molecule has 0 bridgehead atoms. The Morgan fingerprint density at radius 1 is 1.21 bits per heavy atom. The molecule has 2 saturated heterocycles. The molecule has 29 heavy (non-hydrogen) atoms. The van der Waals surface area contributed by atoms with Crippen LogP contribution >= 0.6 is 0 Å². The van der Waals surface area contributed by atoms with E-state index in [1.165, 1.54) is 55.5 Å². The summed E-state index contributed by atoms with van der Waals surface area (Å²) in [5.41, 5.74) is 3.92. The Kier molecular flexibility index (Phi) is 5.25. The van der Waals surface area contributed by atoms with Crippen LogP contribution in [0.25, 0.3) is 5.57 Å². The van der Waals surface area contributed by atoms with Gasteiger partial charge in [0.1, 0.15) is 0 Å². The number of nitrogens with zero attached hydrogens (tertiary/aromatic N) is 2. The van der Waals surface area contributed by atoms with E-state index in [9.17, 15) is 4.79 Å². The molecule has 0 aromatic heterocycles. The van der Waals surface area contributed by atoms with E-state index in [4.69, 9.17) is 4.74 Å². The average molecular weight is 395 g/mol. The molecular formula is C25H34N2O2. The molecule has 0 N–H and O–H groups in total. The Morgan fingerprint density at radius 2 is 2.03 bits per heavy atom. The molecule has 2 aliphatic carbocycles. The number of likely N-dealkylation sites (tertiary alicyclic amines) is 1. The molecular weight excluding hydrogens is 360 g/mol. The molecule has 1 aromatic rings. The van der Waals surface area contributed by atoms with Gasteiger partial charge < -0.3 is 9.64 Å². The summed E-state index contributed by atoms with van der Waals surface area (Å²) in [6.07, 6.45) is 12.0. The van der Waals surface area contributed by atoms with E-state index in [1.54, 1.807) is 0 Å². The predicted molar refractivity (Wildman–Crippen MR) is 116 cm³/mol. The van der Waals surface area contributed by atoms with Crippen LogP contribution in [0.3, 0.4) is 0 Å². The first-order chi connectivity index (χ1) is 14.2. The molecule has 3 fully saturated rings. The number of amides is 1. The molecule has 3 unspecified atom stereocenters. The fourth-order valence-corrected chi connectivity index (χ4v) is 6.23. The minimum atomic E-state index is 0.0839. The number of benzene rings is 1. The second-order valence-electron chi connectivity index (χ2n) is 9.53. The lowest BCUT2D eigenvalue weighted by Gasteiger charge is -2.48. The highest BCUT2D eigenvalue weighted by atomic mass is 16.5. The zero-order valence-corrected chi connectivity index (χ0v) is 17.7. The van der Waals surface area contributed by atoms with Gasteiger partial charge in [-0.05, 0) is 81.2 Å². The van der Waals surface area contributed by atoms with E-state index < -0.39 is 0 Å². The number of carbonyl (C=O) groups excluding carboxylic acids is 1. The largest absolute Gasteiger partial charge is 0.375 e. The van der Waals surface area contributed by atoms with Crippen molar-refractivity contribution in [3.63, 3.8) is 0 Å². The summed E-state index contributed by atoms with van der Waals surface area (Å²) in [5.74, 6) is 0.269. The standard InChI is InChI=1S/C25H34N2O2/c1-26(24(28)17-20-10-9-19-7-2-3-8-21(19)20)22-11-13-25(12-6-16-29-25)18-23(22)27-14-4-5-15-27/h2-3,7-8,10,22-23H,4-6,9,11-18H2,1H3. The quantitative estimate of drug-likeness (QED) is 0.773. The van der Waals surface area contributed by atoms with Crippen molar-refractivity contribution >= 4 is 11.5 Å². The number of ether oxygens (including phenoxy) is 1. The Labute approximate surface area is 174 Å². The summed E-state index contributed by atoms with van der Waals surface area (Å²) in [4.78, 5) is 18.1. The maximum Gasteiger partial charge on any atom is 0.227 e. The number of rotatable bonds is 4. The van der Waals surface area contributed by atoms with E-state index >= 15 is 0 Å². The number of fused-ring (bicyclic) bond motifs is 1. The molecule has 156 valence electrons. The van der Waals surface area contributed by atoms with Gasteiger partial charge in [0.25, 0.3) is 0 Å². The normalized spacial score (nSPS) is 31.8. The van der Waals surface area contributed by atoms with Crippen LogP contribution in [0.15, 0.2) is 30.3 Å². The first kappa shape index (κ1) is 19.3. The third kappa shape index (κ3) is 3.66. The SMILES string of the molecule is CN(C(=O)CC1=CCc2ccccc21)C1CCC2(CCCO2)CC1N1CCCC1. The lowest BCUT2D eigenvalue weighted by atomic mass is 9.76. The molecule has 1 spiro atoms. The van der Waals surface area contributed by atoms with Crippen LogP contribution in [0.2, 0.25) is 0 Å². The van der Waals surface area contributed by atoms with Crippen LogP contribution in [0.5, 0.6) is 0 Å². The lowest BCUT2D eigenvalue weighted by molar-refractivity contribution is -0.136.